The number of rotatable bonds is 5. The first-order chi connectivity index (χ1) is 13.5. The number of ether oxygens (including phenoxy) is 1. The lowest BCUT2D eigenvalue weighted by Gasteiger charge is -2.16. The molecular weight excluding hydrogens is 354 g/mol. The minimum absolute atomic E-state index is 0.00877. The van der Waals surface area contributed by atoms with E-state index in [-0.39, 0.29) is 24.3 Å². The van der Waals surface area contributed by atoms with E-state index in [1.807, 2.05) is 37.3 Å². The summed E-state index contributed by atoms with van der Waals surface area (Å²) in [6.07, 6.45) is 3.87. The third-order valence-corrected chi connectivity index (χ3v) is 5.37. The summed E-state index contributed by atoms with van der Waals surface area (Å²) >= 11 is 0. The van der Waals surface area contributed by atoms with Gasteiger partial charge in [-0.3, -0.25) is 9.20 Å². The van der Waals surface area contributed by atoms with E-state index in [0.29, 0.717) is 5.92 Å². The van der Waals surface area contributed by atoms with Crippen molar-refractivity contribution >= 4 is 11.5 Å². The molecule has 1 aromatic carbocycles. The van der Waals surface area contributed by atoms with Crippen LogP contribution in [0.25, 0.3) is 16.6 Å². The number of aromatic nitrogens is 1. The summed E-state index contributed by atoms with van der Waals surface area (Å²) in [6, 6.07) is 11.4. The second-order valence-corrected chi connectivity index (χ2v) is 7.24. The summed E-state index contributed by atoms with van der Waals surface area (Å²) in [5.74, 6) is -0.195. The van der Waals surface area contributed by atoms with Crippen LogP contribution in [0.5, 0.6) is 0 Å². The van der Waals surface area contributed by atoms with Gasteiger partial charge >= 0.3 is 5.97 Å². The summed E-state index contributed by atoms with van der Waals surface area (Å²) in [4.78, 5) is 25.2. The molecule has 28 heavy (non-hydrogen) atoms. The second-order valence-electron chi connectivity index (χ2n) is 7.24. The lowest BCUT2D eigenvalue weighted by atomic mass is 9.96. The maximum Gasteiger partial charge on any atom is 0.343 e. The lowest BCUT2D eigenvalue weighted by molar-refractivity contribution is 0.0524. The third kappa shape index (κ3) is 3.12. The SMILES string of the molecule is CCOC(=O)c1cc(C2CC2)c2c(C)c(-c3ccc(CO)cc3)ccn2c1=O. The molecule has 144 valence electrons. The fraction of sp³-hybridized carbons (Fsp3) is 0.304. The second kappa shape index (κ2) is 7.24. The fourth-order valence-electron chi connectivity index (χ4n) is 3.76. The highest BCUT2D eigenvalue weighted by Crippen LogP contribution is 2.43. The predicted octanol–water partition coefficient (Wildman–Crippen LogP) is 3.82. The van der Waals surface area contributed by atoms with Gasteiger partial charge in [-0.25, -0.2) is 4.79 Å². The molecule has 0 radical (unpaired) electrons. The number of carbonyl (C=O) groups excluding carboxylic acids is 1. The number of fused-ring (bicyclic) bond motifs is 1. The zero-order valence-electron chi connectivity index (χ0n) is 16.1. The Balaban J connectivity index is 1.94. The van der Waals surface area contributed by atoms with Gasteiger partial charge in [-0.2, -0.15) is 0 Å². The van der Waals surface area contributed by atoms with Crippen LogP contribution in [0.3, 0.4) is 0 Å². The zero-order valence-corrected chi connectivity index (χ0v) is 16.1. The van der Waals surface area contributed by atoms with Gasteiger partial charge in [-0.1, -0.05) is 24.3 Å². The number of esters is 1. The van der Waals surface area contributed by atoms with Crippen molar-refractivity contribution in [2.75, 3.05) is 6.61 Å². The Hall–Kier alpha value is -2.92. The molecule has 1 N–H and O–H groups in total. The van der Waals surface area contributed by atoms with Crippen LogP contribution in [-0.4, -0.2) is 22.1 Å². The first-order valence-corrected chi connectivity index (χ1v) is 9.61. The number of benzene rings is 1. The average Bonchev–Trinajstić information content (AvgIpc) is 3.54. The molecule has 0 atom stereocenters. The zero-order chi connectivity index (χ0) is 19.8. The van der Waals surface area contributed by atoms with E-state index in [0.717, 1.165) is 46.2 Å². The van der Waals surface area contributed by atoms with Gasteiger partial charge in [0.25, 0.3) is 5.56 Å². The van der Waals surface area contributed by atoms with Gasteiger partial charge in [0, 0.05) is 6.20 Å². The van der Waals surface area contributed by atoms with Crippen LogP contribution in [0.15, 0.2) is 47.4 Å². The number of hydrogen-bond donors (Lipinski definition) is 1. The highest BCUT2D eigenvalue weighted by atomic mass is 16.5. The molecule has 5 heteroatoms. The van der Waals surface area contributed by atoms with Crippen molar-refractivity contribution in [3.8, 4) is 11.1 Å². The number of aliphatic hydroxyl groups is 1. The molecular formula is C23H23NO4. The molecule has 1 aliphatic carbocycles. The van der Waals surface area contributed by atoms with E-state index in [2.05, 4.69) is 0 Å². The molecule has 0 unspecified atom stereocenters. The maximum atomic E-state index is 13.0. The molecule has 2 heterocycles. The standard InChI is InChI=1S/C23H23NO4/c1-3-28-23(27)20-12-19(17-8-9-17)21-14(2)18(10-11-24(21)22(20)26)16-6-4-15(13-25)5-7-16/h4-7,10-12,17,25H,3,8-9,13H2,1-2H3. The monoisotopic (exact) mass is 377 g/mol. The van der Waals surface area contributed by atoms with Crippen LogP contribution in [-0.2, 0) is 11.3 Å². The summed E-state index contributed by atoms with van der Waals surface area (Å²) in [7, 11) is 0. The quantitative estimate of drug-likeness (QED) is 0.687. The lowest BCUT2D eigenvalue weighted by Crippen LogP contribution is -2.25. The Kier molecular flexibility index (Phi) is 4.77. The number of carbonyl (C=O) groups is 1. The van der Waals surface area contributed by atoms with Crippen molar-refractivity contribution in [2.45, 2.75) is 39.2 Å². The van der Waals surface area contributed by atoms with Crippen molar-refractivity contribution < 1.29 is 14.6 Å². The van der Waals surface area contributed by atoms with E-state index in [9.17, 15) is 14.7 Å². The van der Waals surface area contributed by atoms with Crippen molar-refractivity contribution in [2.24, 2.45) is 0 Å². The van der Waals surface area contributed by atoms with Gasteiger partial charge in [-0.05, 0) is 72.6 Å². The molecule has 5 nitrogen and oxygen atoms in total. The molecule has 1 aliphatic rings. The van der Waals surface area contributed by atoms with E-state index in [1.54, 1.807) is 23.6 Å². The number of hydrogen-bond acceptors (Lipinski definition) is 4. The Bertz CT molecular complexity index is 1110. The summed E-state index contributed by atoms with van der Waals surface area (Å²) in [6.45, 7) is 3.99. The maximum absolute atomic E-state index is 13.0. The Morgan fingerprint density at radius 3 is 2.54 bits per heavy atom. The molecule has 0 aliphatic heterocycles. The molecule has 2 aromatic heterocycles. The van der Waals surface area contributed by atoms with Crippen LogP contribution in [0, 0.1) is 6.92 Å². The van der Waals surface area contributed by atoms with Gasteiger partial charge in [0.2, 0.25) is 0 Å². The molecule has 0 spiro atoms. The summed E-state index contributed by atoms with van der Waals surface area (Å²) < 4.78 is 6.67. The molecule has 0 amide bonds. The highest BCUT2D eigenvalue weighted by molar-refractivity contribution is 5.91. The van der Waals surface area contributed by atoms with Gasteiger partial charge in [-0.15, -0.1) is 0 Å². The first kappa shape index (κ1) is 18.4. The predicted molar refractivity (Wildman–Crippen MR) is 108 cm³/mol. The van der Waals surface area contributed by atoms with E-state index in [4.69, 9.17) is 4.74 Å². The smallest absolute Gasteiger partial charge is 0.343 e. The summed E-state index contributed by atoms with van der Waals surface area (Å²) in [5, 5.41) is 9.26. The number of nitrogens with zero attached hydrogens (tertiary/aromatic N) is 1. The fourth-order valence-corrected chi connectivity index (χ4v) is 3.76. The van der Waals surface area contributed by atoms with Crippen molar-refractivity contribution in [1.29, 1.82) is 0 Å². The van der Waals surface area contributed by atoms with Gasteiger partial charge < -0.3 is 9.84 Å². The number of aryl methyl sites for hydroxylation is 1. The van der Waals surface area contributed by atoms with Crippen molar-refractivity contribution in [3.05, 3.63) is 75.2 Å². The molecule has 3 aromatic rings. The van der Waals surface area contributed by atoms with Gasteiger partial charge in [0.05, 0.1) is 18.7 Å². The minimum atomic E-state index is -0.565. The van der Waals surface area contributed by atoms with Gasteiger partial charge in [0.1, 0.15) is 5.56 Å². The van der Waals surface area contributed by atoms with Crippen LogP contribution in [0.2, 0.25) is 0 Å². The van der Waals surface area contributed by atoms with Gasteiger partial charge in [0.15, 0.2) is 0 Å². The van der Waals surface area contributed by atoms with Crippen LogP contribution >= 0.6 is 0 Å². The molecule has 0 bridgehead atoms. The molecule has 1 fully saturated rings. The Morgan fingerprint density at radius 1 is 1.21 bits per heavy atom. The molecule has 0 saturated heterocycles. The van der Waals surface area contributed by atoms with Crippen molar-refractivity contribution in [1.82, 2.24) is 4.40 Å². The normalized spacial score (nSPS) is 13.7. The van der Waals surface area contributed by atoms with Crippen LogP contribution in [0.4, 0.5) is 0 Å². The number of aliphatic hydroxyl groups excluding tert-OH is 1. The highest BCUT2D eigenvalue weighted by Gasteiger charge is 2.29. The topological polar surface area (TPSA) is 68.0 Å². The number of pyridine rings is 2. The molecule has 1 saturated carbocycles. The largest absolute Gasteiger partial charge is 0.462 e. The minimum Gasteiger partial charge on any atom is -0.462 e. The Morgan fingerprint density at radius 2 is 1.93 bits per heavy atom. The van der Waals surface area contributed by atoms with Crippen LogP contribution < -0.4 is 5.56 Å². The average molecular weight is 377 g/mol. The Labute approximate surface area is 163 Å². The third-order valence-electron chi connectivity index (χ3n) is 5.37. The van der Waals surface area contributed by atoms with E-state index < -0.39 is 5.97 Å². The van der Waals surface area contributed by atoms with Crippen molar-refractivity contribution in [3.63, 3.8) is 0 Å². The molecule has 4 rings (SSSR count). The first-order valence-electron chi connectivity index (χ1n) is 9.61. The van der Waals surface area contributed by atoms with E-state index in [1.165, 1.54) is 0 Å². The van der Waals surface area contributed by atoms with E-state index >= 15 is 0 Å². The summed E-state index contributed by atoms with van der Waals surface area (Å²) in [5.41, 5.74) is 5.60. The van der Waals surface area contributed by atoms with Crippen LogP contribution in [0.1, 0.15) is 52.7 Å².